The van der Waals surface area contributed by atoms with Gasteiger partial charge in [-0.1, -0.05) is 25.1 Å². The van der Waals surface area contributed by atoms with Crippen molar-refractivity contribution in [2.75, 3.05) is 0 Å². The first-order valence-corrected chi connectivity index (χ1v) is 11.1. The molecule has 152 valence electrons. The first kappa shape index (κ1) is 19.8. The van der Waals surface area contributed by atoms with Crippen LogP contribution in [0, 0.1) is 6.92 Å². The largest absolute Gasteiger partial charge is 0.461 e. The average molecular weight is 411 g/mol. The lowest BCUT2D eigenvalue weighted by molar-refractivity contribution is -0.149. The molecule has 5 nitrogen and oxygen atoms in total. The predicted octanol–water partition coefficient (Wildman–Crippen LogP) is 4.65. The first-order chi connectivity index (χ1) is 14.0. The minimum absolute atomic E-state index is 0.120. The molecule has 1 aliphatic carbocycles. The zero-order valence-corrected chi connectivity index (χ0v) is 18.0. The molecule has 6 heteroatoms. The third-order valence-electron chi connectivity index (χ3n) is 5.70. The lowest BCUT2D eigenvalue weighted by atomic mass is 9.89. The summed E-state index contributed by atoms with van der Waals surface area (Å²) in [7, 11) is 0. The van der Waals surface area contributed by atoms with Crippen LogP contribution in [0.1, 0.15) is 49.1 Å². The molecule has 0 spiro atoms. The zero-order valence-electron chi connectivity index (χ0n) is 17.2. The molecule has 0 bridgehead atoms. The molecule has 0 radical (unpaired) electrons. The second kappa shape index (κ2) is 8.11. The van der Waals surface area contributed by atoms with E-state index in [1.165, 1.54) is 46.2 Å². The van der Waals surface area contributed by atoms with Crippen molar-refractivity contribution >= 4 is 27.5 Å². The van der Waals surface area contributed by atoms with Crippen molar-refractivity contribution in [3.8, 4) is 11.1 Å². The Morgan fingerprint density at radius 2 is 2.03 bits per heavy atom. The van der Waals surface area contributed by atoms with E-state index in [2.05, 4.69) is 23.2 Å². The Bertz CT molecular complexity index is 1130. The molecule has 1 aromatic carbocycles. The number of hydrogen-bond donors (Lipinski definition) is 0. The molecule has 1 aliphatic rings. The number of ether oxygens (including phenoxy) is 1. The molecule has 0 saturated heterocycles. The summed E-state index contributed by atoms with van der Waals surface area (Å²) in [5.74, 6) is -0.412. The third-order valence-corrected chi connectivity index (χ3v) is 6.71. The van der Waals surface area contributed by atoms with Crippen molar-refractivity contribution < 1.29 is 9.53 Å². The summed E-state index contributed by atoms with van der Waals surface area (Å²) in [6.07, 6.45) is 6.71. The van der Waals surface area contributed by atoms with Gasteiger partial charge in [-0.25, -0.2) is 4.98 Å². The molecule has 0 amide bonds. The van der Waals surface area contributed by atoms with Crippen molar-refractivity contribution in [1.82, 2.24) is 9.55 Å². The van der Waals surface area contributed by atoms with Gasteiger partial charge in [0.1, 0.15) is 11.4 Å². The molecule has 0 N–H and O–H groups in total. The van der Waals surface area contributed by atoms with E-state index in [0.29, 0.717) is 10.2 Å². The standard InChI is InChI=1S/C23H26N2O3S/c1-4-14(2)28-19(26)12-25-13-24-22-21(23(25)27)20(15(3)29-22)18-10-9-16-7-5-6-8-17(16)11-18/h9-11,13-14H,4-8,12H2,1-3H3. The van der Waals surface area contributed by atoms with Gasteiger partial charge in [-0.3, -0.25) is 14.2 Å². The Hall–Kier alpha value is -2.47. The lowest BCUT2D eigenvalue weighted by Gasteiger charge is -2.16. The van der Waals surface area contributed by atoms with Gasteiger partial charge in [0.05, 0.1) is 17.8 Å². The topological polar surface area (TPSA) is 61.2 Å². The number of esters is 1. The molecule has 0 aliphatic heterocycles. The quantitative estimate of drug-likeness (QED) is 0.574. The summed E-state index contributed by atoms with van der Waals surface area (Å²) in [5.41, 5.74) is 4.62. The van der Waals surface area contributed by atoms with Crippen molar-refractivity contribution in [2.24, 2.45) is 0 Å². The number of fused-ring (bicyclic) bond motifs is 2. The number of rotatable bonds is 5. The Labute approximate surface area is 174 Å². The summed E-state index contributed by atoms with van der Waals surface area (Å²) in [4.78, 5) is 31.7. The highest BCUT2D eigenvalue weighted by Crippen LogP contribution is 2.37. The van der Waals surface area contributed by atoms with Crippen molar-refractivity contribution in [3.05, 3.63) is 50.9 Å². The summed E-state index contributed by atoms with van der Waals surface area (Å²) in [6.45, 7) is 5.71. The minimum Gasteiger partial charge on any atom is -0.461 e. The van der Waals surface area contributed by atoms with Crippen LogP contribution in [0.5, 0.6) is 0 Å². The van der Waals surface area contributed by atoms with E-state index in [4.69, 9.17) is 4.74 Å². The van der Waals surface area contributed by atoms with E-state index in [1.54, 1.807) is 0 Å². The first-order valence-electron chi connectivity index (χ1n) is 10.3. The number of carbonyl (C=O) groups excluding carboxylic acids is 1. The highest BCUT2D eigenvalue weighted by molar-refractivity contribution is 7.19. The molecule has 29 heavy (non-hydrogen) atoms. The van der Waals surface area contributed by atoms with Crippen LogP contribution in [0.4, 0.5) is 0 Å². The van der Waals surface area contributed by atoms with E-state index in [-0.39, 0.29) is 18.2 Å². The normalized spacial score (nSPS) is 14.6. The Kier molecular flexibility index (Phi) is 5.54. The maximum absolute atomic E-state index is 13.2. The van der Waals surface area contributed by atoms with Crippen molar-refractivity contribution in [2.45, 2.75) is 65.5 Å². The van der Waals surface area contributed by atoms with E-state index in [0.717, 1.165) is 35.3 Å². The number of aromatic nitrogens is 2. The van der Waals surface area contributed by atoms with Gasteiger partial charge in [0.15, 0.2) is 0 Å². The van der Waals surface area contributed by atoms with Crippen LogP contribution in [0.2, 0.25) is 0 Å². The molecule has 1 unspecified atom stereocenters. The molecule has 0 fully saturated rings. The van der Waals surface area contributed by atoms with Crippen LogP contribution in [0.15, 0.2) is 29.3 Å². The van der Waals surface area contributed by atoms with Gasteiger partial charge in [0, 0.05) is 10.4 Å². The minimum atomic E-state index is -0.412. The number of aryl methyl sites for hydroxylation is 3. The maximum Gasteiger partial charge on any atom is 0.326 e. The van der Waals surface area contributed by atoms with Gasteiger partial charge in [0.2, 0.25) is 0 Å². The number of carbonyl (C=O) groups is 1. The summed E-state index contributed by atoms with van der Waals surface area (Å²) in [5, 5.41) is 0.599. The molecule has 3 aromatic rings. The maximum atomic E-state index is 13.2. The smallest absolute Gasteiger partial charge is 0.326 e. The van der Waals surface area contributed by atoms with E-state index in [9.17, 15) is 9.59 Å². The van der Waals surface area contributed by atoms with Crippen LogP contribution in [-0.4, -0.2) is 21.6 Å². The Morgan fingerprint density at radius 1 is 1.28 bits per heavy atom. The average Bonchev–Trinajstić information content (AvgIpc) is 3.06. The number of nitrogens with zero attached hydrogens (tertiary/aromatic N) is 2. The number of benzene rings is 1. The third kappa shape index (κ3) is 3.86. The second-order valence-electron chi connectivity index (χ2n) is 7.79. The van der Waals surface area contributed by atoms with Gasteiger partial charge in [-0.05, 0) is 62.6 Å². The fourth-order valence-electron chi connectivity index (χ4n) is 3.97. The van der Waals surface area contributed by atoms with Crippen LogP contribution >= 0.6 is 11.3 Å². The fourth-order valence-corrected chi connectivity index (χ4v) is 4.97. The number of thiophene rings is 1. The fraction of sp³-hybridized carbons (Fsp3) is 0.435. The summed E-state index contributed by atoms with van der Waals surface area (Å²) < 4.78 is 6.69. The van der Waals surface area contributed by atoms with Crippen LogP contribution in [0.25, 0.3) is 21.3 Å². The molecular weight excluding hydrogens is 384 g/mol. The van der Waals surface area contributed by atoms with Gasteiger partial charge < -0.3 is 4.74 Å². The number of hydrogen-bond acceptors (Lipinski definition) is 5. The summed E-state index contributed by atoms with van der Waals surface area (Å²) >= 11 is 1.53. The van der Waals surface area contributed by atoms with Crippen LogP contribution in [0.3, 0.4) is 0 Å². The van der Waals surface area contributed by atoms with Crippen molar-refractivity contribution in [1.29, 1.82) is 0 Å². The van der Waals surface area contributed by atoms with Gasteiger partial charge in [-0.15, -0.1) is 11.3 Å². The van der Waals surface area contributed by atoms with E-state index in [1.807, 2.05) is 20.8 Å². The summed E-state index contributed by atoms with van der Waals surface area (Å²) in [6, 6.07) is 6.55. The molecule has 0 saturated carbocycles. The van der Waals surface area contributed by atoms with Gasteiger partial charge in [-0.2, -0.15) is 0 Å². The highest BCUT2D eigenvalue weighted by atomic mass is 32.1. The van der Waals surface area contributed by atoms with Gasteiger partial charge >= 0.3 is 5.97 Å². The SMILES string of the molecule is CCC(C)OC(=O)Cn1cnc2sc(C)c(-c3ccc4c(c3)CCCC4)c2c1=O. The van der Waals surface area contributed by atoms with E-state index >= 15 is 0 Å². The second-order valence-corrected chi connectivity index (χ2v) is 8.99. The molecule has 2 heterocycles. The zero-order chi connectivity index (χ0) is 20.5. The lowest BCUT2D eigenvalue weighted by Crippen LogP contribution is -2.27. The van der Waals surface area contributed by atoms with Gasteiger partial charge in [0.25, 0.3) is 5.56 Å². The molecule has 4 rings (SSSR count). The molecular formula is C23H26N2O3S. The van der Waals surface area contributed by atoms with Crippen molar-refractivity contribution in [3.63, 3.8) is 0 Å². The molecule has 2 aromatic heterocycles. The van der Waals surface area contributed by atoms with E-state index < -0.39 is 5.97 Å². The van der Waals surface area contributed by atoms with Crippen LogP contribution in [-0.2, 0) is 28.9 Å². The predicted molar refractivity (Wildman–Crippen MR) is 117 cm³/mol. The highest BCUT2D eigenvalue weighted by Gasteiger charge is 2.20. The molecule has 1 atom stereocenters. The Morgan fingerprint density at radius 3 is 2.79 bits per heavy atom. The Balaban J connectivity index is 1.76. The van der Waals surface area contributed by atoms with Crippen LogP contribution < -0.4 is 5.56 Å². The monoisotopic (exact) mass is 410 g/mol.